The Hall–Kier alpha value is -3.09. The van der Waals surface area contributed by atoms with E-state index in [1.807, 2.05) is 18.2 Å². The lowest BCUT2D eigenvalue weighted by Crippen LogP contribution is -2.35. The highest BCUT2D eigenvalue weighted by molar-refractivity contribution is 5.94. The first-order valence-corrected chi connectivity index (χ1v) is 9.73. The van der Waals surface area contributed by atoms with Gasteiger partial charge in [-0.05, 0) is 37.0 Å². The number of carbonyl (C=O) groups excluding carboxylic acids is 1. The summed E-state index contributed by atoms with van der Waals surface area (Å²) in [6, 6.07) is 12.7. The number of hydrogen-bond acceptors (Lipinski definition) is 3. The summed E-state index contributed by atoms with van der Waals surface area (Å²) in [6.45, 7) is 2.13. The van der Waals surface area contributed by atoms with E-state index in [9.17, 15) is 13.6 Å². The van der Waals surface area contributed by atoms with E-state index in [1.54, 1.807) is 0 Å². The maximum atomic E-state index is 14.1. The fraction of sp³-hybridized carbons (Fsp3) is 0.318. The molecular weight excluding hydrogens is 374 g/mol. The van der Waals surface area contributed by atoms with Gasteiger partial charge in [0.25, 0.3) is 5.91 Å². The third-order valence-corrected chi connectivity index (χ3v) is 5.38. The summed E-state index contributed by atoms with van der Waals surface area (Å²) in [5.41, 5.74) is 1.08. The number of amides is 1. The molecule has 2 heterocycles. The van der Waals surface area contributed by atoms with Crippen LogP contribution in [0.4, 0.5) is 8.78 Å². The summed E-state index contributed by atoms with van der Waals surface area (Å²) in [7, 11) is 0. The molecule has 5 nitrogen and oxygen atoms in total. The van der Waals surface area contributed by atoms with Gasteiger partial charge in [-0.1, -0.05) is 36.4 Å². The molecule has 0 spiro atoms. The smallest absolute Gasteiger partial charge is 0.254 e. The highest BCUT2D eigenvalue weighted by Gasteiger charge is 2.24. The number of aryl methyl sites for hydroxylation is 2. The first kappa shape index (κ1) is 19.2. The topological polar surface area (TPSA) is 59.8 Å². The van der Waals surface area contributed by atoms with E-state index in [4.69, 9.17) is 0 Å². The maximum Gasteiger partial charge on any atom is 0.254 e. The molecule has 1 aliphatic rings. The van der Waals surface area contributed by atoms with Crippen molar-refractivity contribution in [3.8, 4) is 0 Å². The van der Waals surface area contributed by atoms with E-state index < -0.39 is 17.5 Å². The predicted octanol–water partition coefficient (Wildman–Crippen LogP) is 3.59. The molecule has 0 bridgehead atoms. The maximum absolute atomic E-state index is 14.1. The number of nitrogens with zero attached hydrogens (tertiary/aromatic N) is 3. The van der Waals surface area contributed by atoms with Crippen LogP contribution < -0.4 is 5.32 Å². The molecule has 150 valence electrons. The molecule has 2 aromatic carbocycles. The average Bonchev–Trinajstić information content (AvgIpc) is 2.98. The van der Waals surface area contributed by atoms with Crippen LogP contribution in [0.1, 0.15) is 46.0 Å². The zero-order valence-corrected chi connectivity index (χ0v) is 16.2. The summed E-state index contributed by atoms with van der Waals surface area (Å²) in [6.07, 6.45) is 2.70. The molecule has 0 radical (unpaired) electrons. The van der Waals surface area contributed by atoms with Crippen molar-refractivity contribution in [1.82, 2.24) is 20.1 Å². The van der Waals surface area contributed by atoms with Gasteiger partial charge in [0.15, 0.2) is 11.6 Å². The Morgan fingerprint density at radius 2 is 1.90 bits per heavy atom. The van der Waals surface area contributed by atoms with Gasteiger partial charge in [0.1, 0.15) is 11.6 Å². The molecule has 1 N–H and O–H groups in total. The molecule has 3 aromatic rings. The van der Waals surface area contributed by atoms with Crippen molar-refractivity contribution >= 4 is 5.91 Å². The van der Waals surface area contributed by atoms with E-state index in [2.05, 4.69) is 32.2 Å². The van der Waals surface area contributed by atoms with Crippen LogP contribution >= 0.6 is 0 Å². The second-order valence-corrected chi connectivity index (χ2v) is 7.40. The molecule has 7 heteroatoms. The lowest BCUT2D eigenvalue weighted by Gasteiger charge is -2.17. The molecule has 29 heavy (non-hydrogen) atoms. The first-order valence-electron chi connectivity index (χ1n) is 9.73. The zero-order valence-electron chi connectivity index (χ0n) is 16.2. The van der Waals surface area contributed by atoms with Gasteiger partial charge in [-0.2, -0.15) is 0 Å². The molecule has 1 unspecified atom stereocenters. The van der Waals surface area contributed by atoms with Gasteiger partial charge in [0, 0.05) is 25.4 Å². The Kier molecular flexibility index (Phi) is 5.38. The monoisotopic (exact) mass is 396 g/mol. The van der Waals surface area contributed by atoms with Gasteiger partial charge in [0.2, 0.25) is 0 Å². The molecule has 0 saturated heterocycles. The SMILES string of the molecule is Cc1ccc(C(=O)NC2CCc3nnc(Cc4ccccc4)n3CC2)c(F)c1F. The van der Waals surface area contributed by atoms with Crippen LogP contribution in [0.25, 0.3) is 0 Å². The van der Waals surface area contributed by atoms with Crippen LogP contribution in [0.2, 0.25) is 0 Å². The summed E-state index contributed by atoms with van der Waals surface area (Å²) >= 11 is 0. The minimum absolute atomic E-state index is 0.141. The number of aromatic nitrogens is 3. The van der Waals surface area contributed by atoms with E-state index >= 15 is 0 Å². The Labute approximate surface area is 167 Å². The van der Waals surface area contributed by atoms with Crippen molar-refractivity contribution in [3.05, 3.63) is 82.4 Å². The summed E-state index contributed by atoms with van der Waals surface area (Å²) in [4.78, 5) is 12.5. The second-order valence-electron chi connectivity index (χ2n) is 7.40. The van der Waals surface area contributed by atoms with Crippen LogP contribution in [-0.2, 0) is 19.4 Å². The van der Waals surface area contributed by atoms with Crippen molar-refractivity contribution in [1.29, 1.82) is 0 Å². The molecule has 1 amide bonds. The van der Waals surface area contributed by atoms with Crippen molar-refractivity contribution in [2.45, 2.75) is 45.2 Å². The lowest BCUT2D eigenvalue weighted by molar-refractivity contribution is 0.0927. The first-order chi connectivity index (χ1) is 14.0. The molecular formula is C22H22F2N4O. The minimum atomic E-state index is -1.10. The zero-order chi connectivity index (χ0) is 20.4. The third kappa shape index (κ3) is 4.04. The summed E-state index contributed by atoms with van der Waals surface area (Å²) in [5, 5.41) is 11.5. The highest BCUT2D eigenvalue weighted by Crippen LogP contribution is 2.19. The number of fused-ring (bicyclic) bond motifs is 1. The van der Waals surface area contributed by atoms with E-state index in [0.717, 1.165) is 17.2 Å². The fourth-order valence-corrected chi connectivity index (χ4v) is 3.69. The van der Waals surface area contributed by atoms with Gasteiger partial charge in [-0.15, -0.1) is 10.2 Å². The highest BCUT2D eigenvalue weighted by atomic mass is 19.2. The van der Waals surface area contributed by atoms with E-state index in [-0.39, 0.29) is 17.2 Å². The molecule has 0 fully saturated rings. The average molecular weight is 396 g/mol. The lowest BCUT2D eigenvalue weighted by atomic mass is 10.1. The second kappa shape index (κ2) is 8.11. The van der Waals surface area contributed by atoms with Crippen molar-refractivity contribution in [3.63, 3.8) is 0 Å². The minimum Gasteiger partial charge on any atom is -0.349 e. The number of halogens is 2. The van der Waals surface area contributed by atoms with Crippen LogP contribution in [0.3, 0.4) is 0 Å². The van der Waals surface area contributed by atoms with Crippen LogP contribution in [0.15, 0.2) is 42.5 Å². The predicted molar refractivity (Wildman–Crippen MR) is 105 cm³/mol. The van der Waals surface area contributed by atoms with Gasteiger partial charge in [-0.25, -0.2) is 8.78 Å². The molecule has 0 aliphatic carbocycles. The molecule has 1 atom stereocenters. The quantitative estimate of drug-likeness (QED) is 0.733. The third-order valence-electron chi connectivity index (χ3n) is 5.38. The van der Waals surface area contributed by atoms with Gasteiger partial charge in [0.05, 0.1) is 5.56 Å². The van der Waals surface area contributed by atoms with Gasteiger partial charge < -0.3 is 9.88 Å². The number of carbonyl (C=O) groups is 1. The normalized spacial score (nSPS) is 16.2. The molecule has 1 aliphatic heterocycles. The standard InChI is InChI=1S/C22H22F2N4O/c1-14-7-9-17(21(24)20(14)23)22(29)25-16-8-10-18-26-27-19(28(18)12-11-16)13-15-5-3-2-4-6-15/h2-7,9,16H,8,10-13H2,1H3,(H,25,29). The van der Waals surface area contributed by atoms with E-state index in [0.29, 0.717) is 32.2 Å². The van der Waals surface area contributed by atoms with Crippen molar-refractivity contribution < 1.29 is 13.6 Å². The number of nitrogens with one attached hydrogen (secondary N) is 1. The Bertz CT molecular complexity index is 1030. The van der Waals surface area contributed by atoms with Crippen LogP contribution in [0, 0.1) is 18.6 Å². The fourth-order valence-electron chi connectivity index (χ4n) is 3.69. The molecule has 0 saturated carbocycles. The number of hydrogen-bond donors (Lipinski definition) is 1. The largest absolute Gasteiger partial charge is 0.349 e. The Morgan fingerprint density at radius 3 is 2.69 bits per heavy atom. The van der Waals surface area contributed by atoms with Gasteiger partial charge in [-0.3, -0.25) is 4.79 Å². The number of rotatable bonds is 4. The summed E-state index contributed by atoms with van der Waals surface area (Å²) < 4.78 is 30.0. The molecule has 1 aromatic heterocycles. The Balaban J connectivity index is 1.44. The van der Waals surface area contributed by atoms with Crippen molar-refractivity contribution in [2.24, 2.45) is 0 Å². The molecule has 4 rings (SSSR count). The van der Waals surface area contributed by atoms with Crippen molar-refractivity contribution in [2.75, 3.05) is 0 Å². The van der Waals surface area contributed by atoms with Gasteiger partial charge >= 0.3 is 0 Å². The number of benzene rings is 2. The summed E-state index contributed by atoms with van der Waals surface area (Å²) in [5.74, 6) is -0.882. The Morgan fingerprint density at radius 1 is 1.10 bits per heavy atom. The van der Waals surface area contributed by atoms with Crippen LogP contribution in [-0.4, -0.2) is 26.7 Å². The van der Waals surface area contributed by atoms with E-state index in [1.165, 1.54) is 19.1 Å². The van der Waals surface area contributed by atoms with Crippen LogP contribution in [0.5, 0.6) is 0 Å².